The lowest BCUT2D eigenvalue weighted by molar-refractivity contribution is -0.757. The minimum absolute atomic E-state index is 0.0314. The van der Waals surface area contributed by atoms with E-state index in [9.17, 15) is 23.3 Å². The molecule has 1 rings (SSSR count). The molecule has 0 aliphatic heterocycles. The highest BCUT2D eigenvalue weighted by molar-refractivity contribution is 7.11. The second-order valence-electron chi connectivity index (χ2n) is 3.63. The van der Waals surface area contributed by atoms with Crippen LogP contribution in [0.4, 0.5) is 13.2 Å². The third kappa shape index (κ3) is 3.83. The van der Waals surface area contributed by atoms with Gasteiger partial charge in [0.1, 0.15) is 17.5 Å². The quantitative estimate of drug-likeness (QED) is 0.616. The number of aromatic nitrogens is 1. The van der Waals surface area contributed by atoms with Gasteiger partial charge in [-0.3, -0.25) is 0 Å². The van der Waals surface area contributed by atoms with Crippen LogP contribution in [0.15, 0.2) is 0 Å². The number of hydrogen-bond acceptors (Lipinski definition) is 5. The summed E-state index contributed by atoms with van der Waals surface area (Å²) >= 11 is 0.912. The molecule has 1 heterocycles. The van der Waals surface area contributed by atoms with Crippen molar-refractivity contribution < 1.29 is 23.1 Å². The van der Waals surface area contributed by atoms with Crippen molar-refractivity contribution in [2.45, 2.75) is 32.4 Å². The monoisotopic (exact) mass is 284 g/mol. The SMILES string of the molecule is Cc1nc(C(C)C(F)(F)F)sc1CCO[N+](=O)[O-]. The van der Waals surface area contributed by atoms with Crippen LogP contribution >= 0.6 is 11.3 Å². The van der Waals surface area contributed by atoms with E-state index in [1.807, 2.05) is 0 Å². The zero-order valence-electron chi connectivity index (χ0n) is 9.65. The molecule has 0 aromatic carbocycles. The Morgan fingerprint density at radius 1 is 1.56 bits per heavy atom. The van der Waals surface area contributed by atoms with Gasteiger partial charge in [0, 0.05) is 11.3 Å². The zero-order valence-corrected chi connectivity index (χ0v) is 10.5. The number of alkyl halides is 3. The van der Waals surface area contributed by atoms with Gasteiger partial charge in [-0.25, -0.2) is 4.98 Å². The molecule has 0 spiro atoms. The normalized spacial score (nSPS) is 13.4. The molecule has 5 nitrogen and oxygen atoms in total. The minimum atomic E-state index is -4.33. The van der Waals surface area contributed by atoms with Crippen LogP contribution in [0.5, 0.6) is 0 Å². The van der Waals surface area contributed by atoms with Gasteiger partial charge >= 0.3 is 6.18 Å². The van der Waals surface area contributed by atoms with Gasteiger partial charge in [-0.2, -0.15) is 13.2 Å². The topological polar surface area (TPSA) is 65.3 Å². The van der Waals surface area contributed by atoms with Crippen molar-refractivity contribution in [3.05, 3.63) is 25.7 Å². The number of hydrogen-bond donors (Lipinski definition) is 0. The van der Waals surface area contributed by atoms with Gasteiger partial charge in [0.05, 0.1) is 5.69 Å². The Balaban J connectivity index is 2.73. The van der Waals surface area contributed by atoms with E-state index in [0.29, 0.717) is 10.6 Å². The first-order chi connectivity index (χ1) is 8.21. The van der Waals surface area contributed by atoms with Crippen LogP contribution in [0.2, 0.25) is 0 Å². The summed E-state index contributed by atoms with van der Waals surface area (Å²) < 4.78 is 37.5. The molecule has 0 saturated heterocycles. The highest BCUT2D eigenvalue weighted by Gasteiger charge is 2.39. The van der Waals surface area contributed by atoms with E-state index in [1.165, 1.54) is 0 Å². The van der Waals surface area contributed by atoms with E-state index < -0.39 is 17.2 Å². The predicted octanol–water partition coefficient (Wildman–Crippen LogP) is 2.87. The summed E-state index contributed by atoms with van der Waals surface area (Å²) in [4.78, 5) is 18.5. The fourth-order valence-corrected chi connectivity index (χ4v) is 2.34. The van der Waals surface area contributed by atoms with Crippen molar-refractivity contribution >= 4 is 11.3 Å². The average molecular weight is 284 g/mol. The first-order valence-electron chi connectivity index (χ1n) is 5.02. The Morgan fingerprint density at radius 3 is 2.67 bits per heavy atom. The number of nitrogens with zero attached hydrogens (tertiary/aromatic N) is 2. The van der Waals surface area contributed by atoms with Gasteiger partial charge in [-0.15, -0.1) is 21.5 Å². The molecule has 0 fully saturated rings. The van der Waals surface area contributed by atoms with Crippen LogP contribution in [0.1, 0.15) is 28.4 Å². The molecule has 0 aliphatic rings. The molecule has 18 heavy (non-hydrogen) atoms. The molecule has 102 valence electrons. The van der Waals surface area contributed by atoms with Crippen LogP contribution < -0.4 is 0 Å². The summed E-state index contributed by atoms with van der Waals surface area (Å²) in [6, 6.07) is 0. The second-order valence-corrected chi connectivity index (χ2v) is 4.75. The highest BCUT2D eigenvalue weighted by Crippen LogP contribution is 2.37. The van der Waals surface area contributed by atoms with Crippen LogP contribution in [0.3, 0.4) is 0 Å². The van der Waals surface area contributed by atoms with Crippen LogP contribution in [-0.2, 0) is 11.3 Å². The third-order valence-electron chi connectivity index (χ3n) is 2.30. The highest BCUT2D eigenvalue weighted by atomic mass is 32.1. The average Bonchev–Trinajstić information content (AvgIpc) is 2.57. The Hall–Kier alpha value is -1.38. The molecule has 0 amide bonds. The molecule has 0 aliphatic carbocycles. The van der Waals surface area contributed by atoms with Crippen LogP contribution in [-0.4, -0.2) is 22.9 Å². The van der Waals surface area contributed by atoms with E-state index in [2.05, 4.69) is 9.82 Å². The predicted molar refractivity (Wildman–Crippen MR) is 58.0 cm³/mol. The number of aryl methyl sites for hydroxylation is 1. The summed E-state index contributed by atoms with van der Waals surface area (Å²) in [5.74, 6) is -1.63. The van der Waals surface area contributed by atoms with Crippen LogP contribution in [0, 0.1) is 17.0 Å². The number of halogens is 3. The third-order valence-corrected chi connectivity index (χ3v) is 3.70. The fraction of sp³-hybridized carbons (Fsp3) is 0.667. The lowest BCUT2D eigenvalue weighted by atomic mass is 10.2. The van der Waals surface area contributed by atoms with Gasteiger partial charge in [-0.1, -0.05) is 0 Å². The Labute approximate surface area is 105 Å². The summed E-state index contributed by atoms with van der Waals surface area (Å²) in [5, 5.41) is 8.98. The summed E-state index contributed by atoms with van der Waals surface area (Å²) in [6.07, 6.45) is -4.16. The van der Waals surface area contributed by atoms with Crippen molar-refractivity contribution in [2.75, 3.05) is 6.61 Å². The molecule has 1 aromatic rings. The largest absolute Gasteiger partial charge is 0.397 e. The zero-order chi connectivity index (χ0) is 13.9. The van der Waals surface area contributed by atoms with E-state index in [0.717, 1.165) is 18.3 Å². The summed E-state index contributed by atoms with van der Waals surface area (Å²) in [7, 11) is 0. The van der Waals surface area contributed by atoms with E-state index in [4.69, 9.17) is 0 Å². The van der Waals surface area contributed by atoms with Crippen molar-refractivity contribution in [1.82, 2.24) is 4.98 Å². The standard InChI is InChI=1S/C9H11F3N2O3S/c1-5(9(10,11)12)8-13-6(2)7(18-8)3-4-17-14(15)16/h5H,3-4H2,1-2H3. The van der Waals surface area contributed by atoms with Crippen molar-refractivity contribution in [2.24, 2.45) is 0 Å². The number of thiazole rings is 1. The smallest absolute Gasteiger partial charge is 0.314 e. The minimum Gasteiger partial charge on any atom is -0.314 e. The molecule has 1 aromatic heterocycles. The first kappa shape index (κ1) is 14.7. The maximum absolute atomic E-state index is 12.5. The fourth-order valence-electron chi connectivity index (χ4n) is 1.22. The molecule has 0 bridgehead atoms. The Morgan fingerprint density at radius 2 is 2.17 bits per heavy atom. The summed E-state index contributed by atoms with van der Waals surface area (Å²) in [6.45, 7) is 2.43. The Bertz CT molecular complexity index is 433. The maximum atomic E-state index is 12.5. The number of rotatable bonds is 5. The molecular formula is C9H11F3N2O3S. The van der Waals surface area contributed by atoms with E-state index in [1.54, 1.807) is 6.92 Å². The molecule has 0 radical (unpaired) electrons. The second kappa shape index (κ2) is 5.51. The molecule has 0 N–H and O–H groups in total. The van der Waals surface area contributed by atoms with Gasteiger partial charge < -0.3 is 4.84 Å². The van der Waals surface area contributed by atoms with Crippen molar-refractivity contribution in [1.29, 1.82) is 0 Å². The van der Waals surface area contributed by atoms with E-state index in [-0.39, 0.29) is 18.0 Å². The lowest BCUT2D eigenvalue weighted by Crippen LogP contribution is -2.17. The van der Waals surface area contributed by atoms with Gasteiger partial charge in [0.2, 0.25) is 0 Å². The molecule has 9 heteroatoms. The first-order valence-corrected chi connectivity index (χ1v) is 5.83. The lowest BCUT2D eigenvalue weighted by Gasteiger charge is -2.11. The van der Waals surface area contributed by atoms with Crippen molar-refractivity contribution in [3.63, 3.8) is 0 Å². The van der Waals surface area contributed by atoms with Crippen molar-refractivity contribution in [3.8, 4) is 0 Å². The van der Waals surface area contributed by atoms with E-state index >= 15 is 0 Å². The van der Waals surface area contributed by atoms with Gasteiger partial charge in [-0.05, 0) is 13.8 Å². The molecule has 1 atom stereocenters. The summed E-state index contributed by atoms with van der Waals surface area (Å²) in [5.41, 5.74) is 0.457. The molecular weight excluding hydrogens is 273 g/mol. The molecule has 0 saturated carbocycles. The van der Waals surface area contributed by atoms with Gasteiger partial charge in [0.15, 0.2) is 0 Å². The van der Waals surface area contributed by atoms with Crippen LogP contribution in [0.25, 0.3) is 0 Å². The van der Waals surface area contributed by atoms with Gasteiger partial charge in [0.25, 0.3) is 5.09 Å². The Kier molecular flexibility index (Phi) is 4.49. The maximum Gasteiger partial charge on any atom is 0.397 e. The molecule has 1 unspecified atom stereocenters.